The molecule has 0 N–H and O–H groups in total. The van der Waals surface area contributed by atoms with Crippen LogP contribution in [0.4, 0.5) is 5.69 Å². The van der Waals surface area contributed by atoms with Crippen LogP contribution in [0.25, 0.3) is 11.3 Å². The van der Waals surface area contributed by atoms with E-state index in [1.54, 1.807) is 0 Å². The van der Waals surface area contributed by atoms with E-state index in [0.717, 1.165) is 92.4 Å². The average molecular weight is 730 g/mol. The number of likely N-dealkylation sites (N-methyl/N-ethyl adjacent to an activating group) is 2. The van der Waals surface area contributed by atoms with E-state index in [1.807, 2.05) is 11.0 Å². The second kappa shape index (κ2) is 17.4. The Morgan fingerprint density at radius 2 is 1.50 bits per heavy atom. The van der Waals surface area contributed by atoms with Gasteiger partial charge in [0.25, 0.3) is 5.91 Å². The van der Waals surface area contributed by atoms with Crippen molar-refractivity contribution in [1.82, 2.24) is 19.3 Å². The number of aromatic nitrogens is 1. The van der Waals surface area contributed by atoms with E-state index in [1.165, 1.54) is 39.2 Å². The first-order valence-electron chi connectivity index (χ1n) is 20.4. The van der Waals surface area contributed by atoms with Crippen LogP contribution >= 0.6 is 0 Å². The summed E-state index contributed by atoms with van der Waals surface area (Å²) in [7, 11) is 8.47. The third kappa shape index (κ3) is 8.31. The summed E-state index contributed by atoms with van der Waals surface area (Å²) in [6.45, 7) is 12.6. The van der Waals surface area contributed by atoms with E-state index in [0.29, 0.717) is 26.1 Å². The highest BCUT2D eigenvalue weighted by molar-refractivity contribution is 6.02. The van der Waals surface area contributed by atoms with Crippen LogP contribution in [0.1, 0.15) is 101 Å². The van der Waals surface area contributed by atoms with Crippen LogP contribution in [-0.2, 0) is 57.0 Å². The molecule has 0 radical (unpaired) electrons. The van der Waals surface area contributed by atoms with Crippen molar-refractivity contribution in [2.45, 2.75) is 105 Å². The minimum atomic E-state index is 0.0834. The molecular weight excluding hydrogens is 667 g/mol. The van der Waals surface area contributed by atoms with Gasteiger partial charge in [0.2, 0.25) is 5.91 Å². The molecule has 7 nitrogen and oxygen atoms in total. The topological polar surface area (TPSA) is 52.0 Å². The van der Waals surface area contributed by atoms with Gasteiger partial charge in [0.15, 0.2) is 0 Å². The number of amides is 2. The number of fused-ring (bicyclic) bond motifs is 2. The third-order valence-electron chi connectivity index (χ3n) is 12.1. The van der Waals surface area contributed by atoms with Gasteiger partial charge in [0.05, 0.1) is 12.1 Å². The van der Waals surface area contributed by atoms with Crippen molar-refractivity contribution in [3.8, 4) is 11.3 Å². The van der Waals surface area contributed by atoms with Gasteiger partial charge in [-0.3, -0.25) is 9.59 Å². The van der Waals surface area contributed by atoms with E-state index in [-0.39, 0.29) is 17.9 Å². The predicted molar refractivity (Wildman–Crippen MR) is 223 cm³/mol. The van der Waals surface area contributed by atoms with Crippen molar-refractivity contribution in [2.24, 2.45) is 7.05 Å². The number of para-hydroxylation sites is 1. The number of unbranched alkanes of at least 4 members (excludes halogenated alkanes) is 2. The zero-order chi connectivity index (χ0) is 38.5. The van der Waals surface area contributed by atoms with Crippen molar-refractivity contribution >= 4 is 17.5 Å². The first kappa shape index (κ1) is 39.3. The van der Waals surface area contributed by atoms with Crippen LogP contribution in [0.5, 0.6) is 0 Å². The van der Waals surface area contributed by atoms with E-state index in [9.17, 15) is 4.79 Å². The van der Waals surface area contributed by atoms with Crippen LogP contribution in [0.2, 0.25) is 0 Å². The molecule has 0 spiro atoms. The summed E-state index contributed by atoms with van der Waals surface area (Å²) in [5.41, 5.74) is 14.3. The molecule has 3 heterocycles. The molecule has 288 valence electrons. The molecule has 2 aliphatic rings. The Hall–Kier alpha value is -4.36. The maximum Gasteiger partial charge on any atom is 0.255 e. The highest BCUT2D eigenvalue weighted by Crippen LogP contribution is 2.39. The number of benzene rings is 3. The molecule has 0 saturated carbocycles. The molecule has 0 unspecified atom stereocenters. The molecule has 54 heavy (non-hydrogen) atoms. The lowest BCUT2D eigenvalue weighted by Gasteiger charge is -2.36. The quantitative estimate of drug-likeness (QED) is 0.131. The fourth-order valence-corrected chi connectivity index (χ4v) is 8.66. The lowest BCUT2D eigenvalue weighted by Crippen LogP contribution is -2.43. The number of carbonyl (C=O) groups excluding carboxylic acids is 2. The van der Waals surface area contributed by atoms with Crippen LogP contribution in [0, 0.1) is 6.92 Å². The van der Waals surface area contributed by atoms with Gasteiger partial charge in [0.1, 0.15) is 0 Å². The smallest absolute Gasteiger partial charge is 0.255 e. The Morgan fingerprint density at radius 3 is 2.22 bits per heavy atom. The first-order valence-corrected chi connectivity index (χ1v) is 20.4. The summed E-state index contributed by atoms with van der Waals surface area (Å²) in [5, 5.41) is 0. The third-order valence-corrected chi connectivity index (χ3v) is 12.1. The normalized spacial score (nSPS) is 15.4. The monoisotopic (exact) mass is 729 g/mol. The summed E-state index contributed by atoms with van der Waals surface area (Å²) in [4.78, 5) is 37.7. The van der Waals surface area contributed by atoms with Crippen molar-refractivity contribution in [3.05, 3.63) is 111 Å². The minimum Gasteiger partial charge on any atom is -0.373 e. The second-order valence-electron chi connectivity index (χ2n) is 16.2. The molecule has 7 heteroatoms. The van der Waals surface area contributed by atoms with Gasteiger partial charge in [-0.15, -0.1) is 0 Å². The molecule has 4 aromatic rings. The molecule has 0 saturated heterocycles. The van der Waals surface area contributed by atoms with Crippen molar-refractivity contribution in [1.29, 1.82) is 0 Å². The largest absolute Gasteiger partial charge is 0.373 e. The Balaban J connectivity index is 1.38. The van der Waals surface area contributed by atoms with Crippen molar-refractivity contribution in [3.63, 3.8) is 0 Å². The van der Waals surface area contributed by atoms with Gasteiger partial charge in [-0.25, -0.2) is 0 Å². The molecule has 1 atom stereocenters. The van der Waals surface area contributed by atoms with Crippen molar-refractivity contribution in [2.75, 3.05) is 45.7 Å². The van der Waals surface area contributed by atoms with Crippen molar-refractivity contribution < 1.29 is 9.59 Å². The highest BCUT2D eigenvalue weighted by Gasteiger charge is 2.33. The molecule has 1 aromatic heterocycles. The standard InChI is InChI=1S/C47H63N5O2/c1-9-11-20-40-34(4)50(8)46(41(40)21-12-10-2)42-28-36-23-24-51(45(53)30-37-18-15-16-22-44(37)49(7)26-25-48(5)6)31-39(36)29-43(42)47(54)52-32-38-19-14-13-17-35(38)27-33(52)3/h13-19,22,28-29,33H,9-12,20-21,23-27,30-32H2,1-8H3/t33-/m1/s1. The second-order valence-corrected chi connectivity index (χ2v) is 16.2. The van der Waals surface area contributed by atoms with Gasteiger partial charge in [-0.05, 0) is 124 Å². The number of carbonyl (C=O) groups is 2. The number of hydrogen-bond acceptors (Lipinski definition) is 4. The molecule has 2 amide bonds. The summed E-state index contributed by atoms with van der Waals surface area (Å²) in [6.07, 6.45) is 8.62. The average Bonchev–Trinajstić information content (AvgIpc) is 3.41. The lowest BCUT2D eigenvalue weighted by molar-refractivity contribution is -0.131. The van der Waals surface area contributed by atoms with Gasteiger partial charge < -0.3 is 24.2 Å². The van der Waals surface area contributed by atoms with Gasteiger partial charge in [-0.2, -0.15) is 0 Å². The lowest BCUT2D eigenvalue weighted by atomic mass is 9.87. The predicted octanol–water partition coefficient (Wildman–Crippen LogP) is 8.40. The van der Waals surface area contributed by atoms with Crippen LogP contribution in [0.15, 0.2) is 60.7 Å². The van der Waals surface area contributed by atoms with E-state index in [4.69, 9.17) is 0 Å². The Morgan fingerprint density at radius 1 is 0.815 bits per heavy atom. The molecule has 0 aliphatic carbocycles. The maximum absolute atomic E-state index is 15.1. The van der Waals surface area contributed by atoms with Gasteiger partial charge in [-0.1, -0.05) is 69.2 Å². The number of anilines is 1. The zero-order valence-corrected chi connectivity index (χ0v) is 34.3. The highest BCUT2D eigenvalue weighted by atomic mass is 16.2. The van der Waals surface area contributed by atoms with Crippen LogP contribution < -0.4 is 4.90 Å². The van der Waals surface area contributed by atoms with Gasteiger partial charge in [0, 0.05) is 75.4 Å². The Bertz CT molecular complexity index is 1960. The summed E-state index contributed by atoms with van der Waals surface area (Å²) in [5.74, 6) is 0.219. The molecule has 0 fully saturated rings. The number of nitrogens with zero attached hydrogens (tertiary/aromatic N) is 5. The van der Waals surface area contributed by atoms with Gasteiger partial charge >= 0.3 is 0 Å². The van der Waals surface area contributed by atoms with E-state index >= 15 is 4.79 Å². The fourth-order valence-electron chi connectivity index (χ4n) is 8.66. The van der Waals surface area contributed by atoms with E-state index < -0.39 is 0 Å². The summed E-state index contributed by atoms with van der Waals surface area (Å²) >= 11 is 0. The summed E-state index contributed by atoms with van der Waals surface area (Å²) in [6, 6.07) is 21.4. The summed E-state index contributed by atoms with van der Waals surface area (Å²) < 4.78 is 2.37. The SMILES string of the molecule is CCCCc1c(CCCC)c(-c2cc3c(cc2C(=O)N2Cc4ccccc4C[C@H]2C)CN(C(=O)Cc2ccccc2N(C)CCN(C)C)CC3)n(C)c1C. The Labute approximate surface area is 324 Å². The number of rotatable bonds is 14. The van der Waals surface area contributed by atoms with Crippen LogP contribution in [-0.4, -0.2) is 77.9 Å². The van der Waals surface area contributed by atoms with E-state index in [2.05, 4.69) is 130 Å². The molecule has 0 bridgehead atoms. The number of hydrogen-bond donors (Lipinski definition) is 0. The zero-order valence-electron chi connectivity index (χ0n) is 34.3. The molecule has 6 rings (SSSR count). The fraction of sp³-hybridized carbons (Fsp3) is 0.489. The minimum absolute atomic E-state index is 0.0834. The first-order chi connectivity index (χ1) is 26.0. The van der Waals surface area contributed by atoms with Crippen LogP contribution in [0.3, 0.4) is 0 Å². The molecule has 3 aromatic carbocycles. The molecule has 2 aliphatic heterocycles. The maximum atomic E-state index is 15.1. The molecular formula is C47H63N5O2. The Kier molecular flexibility index (Phi) is 12.7.